The Morgan fingerprint density at radius 2 is 2.22 bits per heavy atom. The normalized spacial score (nSPS) is 11.2. The molecule has 0 amide bonds. The zero-order valence-electron chi connectivity index (χ0n) is 10.3. The van der Waals surface area contributed by atoms with Gasteiger partial charge in [0.2, 0.25) is 5.89 Å². The van der Waals surface area contributed by atoms with Gasteiger partial charge in [-0.2, -0.15) is 0 Å². The summed E-state index contributed by atoms with van der Waals surface area (Å²) < 4.78 is 29.9. The minimum atomic E-state index is -2.52. The van der Waals surface area contributed by atoms with E-state index in [1.165, 1.54) is 4.90 Å². The second-order valence-electron chi connectivity index (χ2n) is 3.72. The topological polar surface area (TPSA) is 74.4 Å². The largest absolute Gasteiger partial charge is 0.407 e. The van der Waals surface area contributed by atoms with Crippen LogP contribution in [0.2, 0.25) is 0 Å². The van der Waals surface area contributed by atoms with E-state index in [-0.39, 0.29) is 19.2 Å². The molecule has 6 nitrogen and oxygen atoms in total. The van der Waals surface area contributed by atoms with Gasteiger partial charge in [-0.3, -0.25) is 0 Å². The van der Waals surface area contributed by atoms with Crippen LogP contribution in [0.1, 0.15) is 19.2 Å². The summed E-state index contributed by atoms with van der Waals surface area (Å²) in [6.45, 7) is 2.49. The number of rotatable bonds is 9. The number of aliphatic hydroxyl groups excluding tert-OH is 1. The van der Waals surface area contributed by atoms with Crippen molar-refractivity contribution in [1.29, 1.82) is 0 Å². The van der Waals surface area contributed by atoms with Crippen LogP contribution in [0.25, 0.3) is 0 Å². The molecule has 8 heteroatoms. The van der Waals surface area contributed by atoms with E-state index in [4.69, 9.17) is 9.52 Å². The maximum Gasteiger partial charge on any atom is 0.318 e. The second-order valence-corrected chi connectivity index (χ2v) is 3.72. The third-order valence-corrected chi connectivity index (χ3v) is 2.16. The first-order valence-corrected chi connectivity index (χ1v) is 5.84. The molecule has 0 aliphatic carbocycles. The Morgan fingerprint density at radius 1 is 1.44 bits per heavy atom. The van der Waals surface area contributed by atoms with E-state index < -0.39 is 13.0 Å². The highest BCUT2D eigenvalue weighted by atomic mass is 19.3. The molecule has 0 saturated carbocycles. The first-order valence-electron chi connectivity index (χ1n) is 5.84. The summed E-state index contributed by atoms with van der Waals surface area (Å²) in [6, 6.07) is 0.0117. The first-order chi connectivity index (χ1) is 8.67. The van der Waals surface area contributed by atoms with Crippen LogP contribution >= 0.6 is 0 Å². The maximum absolute atomic E-state index is 12.3. The number of aromatic nitrogens is 2. The highest BCUT2D eigenvalue weighted by molar-refractivity contribution is 5.23. The Kier molecular flexibility index (Phi) is 6.51. The molecule has 0 atom stereocenters. The van der Waals surface area contributed by atoms with Crippen molar-refractivity contribution in [1.82, 2.24) is 15.5 Å². The molecule has 0 radical (unpaired) electrons. The van der Waals surface area contributed by atoms with Crippen molar-refractivity contribution in [2.24, 2.45) is 0 Å². The van der Waals surface area contributed by atoms with E-state index >= 15 is 0 Å². The lowest BCUT2D eigenvalue weighted by molar-refractivity contribution is 0.150. The fourth-order valence-electron chi connectivity index (χ4n) is 1.37. The van der Waals surface area contributed by atoms with E-state index in [1.807, 2.05) is 6.92 Å². The molecule has 1 heterocycles. The van der Waals surface area contributed by atoms with Crippen molar-refractivity contribution < 1.29 is 18.3 Å². The highest BCUT2D eigenvalue weighted by Crippen LogP contribution is 2.13. The van der Waals surface area contributed by atoms with Crippen LogP contribution in [0.15, 0.2) is 4.42 Å². The number of nitrogens with one attached hydrogen (secondary N) is 1. The fourth-order valence-corrected chi connectivity index (χ4v) is 1.37. The molecule has 1 rings (SSSR count). The van der Waals surface area contributed by atoms with Crippen molar-refractivity contribution in [3.8, 4) is 0 Å². The quantitative estimate of drug-likeness (QED) is 0.637. The van der Waals surface area contributed by atoms with E-state index in [2.05, 4.69) is 15.5 Å². The lowest BCUT2D eigenvalue weighted by Gasteiger charge is -2.17. The monoisotopic (exact) mass is 264 g/mol. The molecule has 0 aliphatic heterocycles. The third-order valence-electron chi connectivity index (χ3n) is 2.16. The highest BCUT2D eigenvalue weighted by Gasteiger charge is 2.18. The lowest BCUT2D eigenvalue weighted by atomic mass is 10.5. The Labute approximate surface area is 104 Å². The van der Waals surface area contributed by atoms with Crippen molar-refractivity contribution in [2.45, 2.75) is 26.3 Å². The summed E-state index contributed by atoms with van der Waals surface area (Å²) in [6.07, 6.45) is -1.55. The summed E-state index contributed by atoms with van der Waals surface area (Å²) in [5.41, 5.74) is 0. The number of aliphatic hydroxyl groups is 1. The second kappa shape index (κ2) is 7.93. The van der Waals surface area contributed by atoms with Gasteiger partial charge in [0.25, 0.3) is 6.43 Å². The van der Waals surface area contributed by atoms with Crippen LogP contribution in [0, 0.1) is 0 Å². The molecule has 0 fully saturated rings. The summed E-state index contributed by atoms with van der Waals surface area (Å²) >= 11 is 0. The Bertz CT molecular complexity index is 335. The van der Waals surface area contributed by atoms with Crippen LogP contribution < -0.4 is 10.2 Å². The Hall–Kier alpha value is -1.28. The van der Waals surface area contributed by atoms with E-state index in [0.29, 0.717) is 12.4 Å². The molecule has 1 aromatic heterocycles. The molecule has 0 unspecified atom stereocenters. The van der Waals surface area contributed by atoms with E-state index in [1.54, 1.807) is 0 Å². The van der Waals surface area contributed by atoms with Crippen molar-refractivity contribution in [2.75, 3.05) is 31.1 Å². The molecule has 104 valence electrons. The number of anilines is 1. The van der Waals surface area contributed by atoms with Gasteiger partial charge < -0.3 is 19.7 Å². The van der Waals surface area contributed by atoms with Gasteiger partial charge in [-0.1, -0.05) is 12.0 Å². The minimum Gasteiger partial charge on any atom is -0.407 e. The molecule has 1 aromatic rings. The maximum atomic E-state index is 12.3. The van der Waals surface area contributed by atoms with Crippen molar-refractivity contribution in [3.05, 3.63) is 5.89 Å². The van der Waals surface area contributed by atoms with Crippen LogP contribution in [-0.2, 0) is 6.54 Å². The molecule has 0 aliphatic rings. The Balaban J connectivity index is 2.56. The van der Waals surface area contributed by atoms with Crippen LogP contribution in [-0.4, -0.2) is 48.0 Å². The Morgan fingerprint density at radius 3 is 2.83 bits per heavy atom. The summed E-state index contributed by atoms with van der Waals surface area (Å²) in [7, 11) is 0. The average molecular weight is 264 g/mol. The molecule has 18 heavy (non-hydrogen) atoms. The molecule has 0 saturated heterocycles. The van der Waals surface area contributed by atoms with E-state index in [0.717, 1.165) is 13.0 Å². The smallest absolute Gasteiger partial charge is 0.318 e. The van der Waals surface area contributed by atoms with Gasteiger partial charge in [-0.15, -0.1) is 5.10 Å². The SMILES string of the molecule is CCCNCc1nnc(N(CCO)CC(F)F)o1. The predicted molar refractivity (Wildman–Crippen MR) is 61.6 cm³/mol. The number of alkyl halides is 2. The average Bonchev–Trinajstić information content (AvgIpc) is 2.77. The fraction of sp³-hybridized carbons (Fsp3) is 0.800. The third kappa shape index (κ3) is 4.92. The molecule has 0 bridgehead atoms. The number of halogens is 2. The van der Waals surface area contributed by atoms with Crippen LogP contribution in [0.3, 0.4) is 0 Å². The van der Waals surface area contributed by atoms with Gasteiger partial charge in [0.05, 0.1) is 19.7 Å². The van der Waals surface area contributed by atoms with E-state index in [9.17, 15) is 8.78 Å². The molecular formula is C10H18F2N4O2. The van der Waals surface area contributed by atoms with Gasteiger partial charge in [-0.05, 0) is 13.0 Å². The standard InChI is InChI=1S/C10H18F2N4O2/c1-2-3-13-6-9-14-15-10(18-9)16(4-5-17)7-8(11)12/h8,13,17H,2-7H2,1H3. The first kappa shape index (κ1) is 14.8. The van der Waals surface area contributed by atoms with Crippen LogP contribution in [0.5, 0.6) is 0 Å². The number of hydrogen-bond acceptors (Lipinski definition) is 6. The minimum absolute atomic E-state index is 0.0117. The molecule has 0 aromatic carbocycles. The molecule has 0 spiro atoms. The van der Waals surface area contributed by atoms with Gasteiger partial charge in [0.1, 0.15) is 0 Å². The van der Waals surface area contributed by atoms with Gasteiger partial charge in [0.15, 0.2) is 0 Å². The van der Waals surface area contributed by atoms with Crippen molar-refractivity contribution >= 4 is 6.01 Å². The number of hydrogen-bond donors (Lipinski definition) is 2. The van der Waals surface area contributed by atoms with Crippen molar-refractivity contribution in [3.63, 3.8) is 0 Å². The molecular weight excluding hydrogens is 246 g/mol. The number of nitrogens with zero attached hydrogens (tertiary/aromatic N) is 3. The zero-order chi connectivity index (χ0) is 13.4. The zero-order valence-corrected chi connectivity index (χ0v) is 10.3. The summed E-state index contributed by atoms with van der Waals surface area (Å²) in [5, 5.41) is 19.3. The van der Waals surface area contributed by atoms with Gasteiger partial charge in [-0.25, -0.2) is 8.78 Å². The molecule has 2 N–H and O–H groups in total. The van der Waals surface area contributed by atoms with Gasteiger partial charge in [0, 0.05) is 6.54 Å². The van der Waals surface area contributed by atoms with Gasteiger partial charge >= 0.3 is 6.01 Å². The summed E-state index contributed by atoms with van der Waals surface area (Å²) in [4.78, 5) is 1.17. The van der Waals surface area contributed by atoms with Crippen LogP contribution in [0.4, 0.5) is 14.8 Å². The lowest BCUT2D eigenvalue weighted by Crippen LogP contribution is -2.31. The predicted octanol–water partition coefficient (Wildman–Crippen LogP) is 0.633. The summed E-state index contributed by atoms with van der Waals surface area (Å²) in [5.74, 6) is 0.343.